The second kappa shape index (κ2) is 10.4. The number of hydrogen-bond donors (Lipinski definition) is 2. The molecule has 0 fully saturated rings. The monoisotopic (exact) mass is 458 g/mol. The fourth-order valence-electron chi connectivity index (χ4n) is 3.53. The largest absolute Gasteiger partial charge is 0.483 e. The second-order valence-corrected chi connectivity index (χ2v) is 7.40. The van der Waals surface area contributed by atoms with Gasteiger partial charge in [0, 0.05) is 5.56 Å². The molecule has 8 heteroatoms. The number of para-hydroxylation sites is 1. The number of benzene rings is 3. The number of ether oxygens (including phenoxy) is 1. The Morgan fingerprint density at radius 3 is 2.38 bits per heavy atom. The molecule has 2 amide bonds. The molecule has 0 saturated carbocycles. The summed E-state index contributed by atoms with van der Waals surface area (Å²) in [4.78, 5) is 25.0. The maximum Gasteiger partial charge on any atom is 0.276 e. The first-order valence-corrected chi connectivity index (χ1v) is 10.8. The van der Waals surface area contributed by atoms with Crippen LogP contribution in [0.15, 0.2) is 85.1 Å². The Bertz CT molecular complexity index is 1290. The van der Waals surface area contributed by atoms with Crippen molar-refractivity contribution in [2.45, 2.75) is 13.3 Å². The third-order valence-corrected chi connectivity index (χ3v) is 5.17. The first kappa shape index (κ1) is 22.7. The van der Waals surface area contributed by atoms with E-state index in [0.29, 0.717) is 29.1 Å². The summed E-state index contributed by atoms with van der Waals surface area (Å²) in [5, 5.41) is 4.25. The molecule has 4 rings (SSSR count). The molecule has 0 radical (unpaired) electrons. The van der Waals surface area contributed by atoms with Gasteiger partial charge in [0.2, 0.25) is 0 Å². The van der Waals surface area contributed by atoms with E-state index in [2.05, 4.69) is 16.0 Å². The topological polar surface area (TPSA) is 85.2 Å². The highest BCUT2D eigenvalue weighted by Crippen LogP contribution is 2.29. The van der Waals surface area contributed by atoms with Gasteiger partial charge in [0.1, 0.15) is 11.6 Å². The summed E-state index contributed by atoms with van der Waals surface area (Å²) in [6, 6.07) is 22.9. The molecule has 0 aliphatic heterocycles. The molecule has 0 atom stereocenters. The van der Waals surface area contributed by atoms with Crippen LogP contribution in [0.3, 0.4) is 0 Å². The summed E-state index contributed by atoms with van der Waals surface area (Å²) in [5.74, 6) is -0.823. The van der Waals surface area contributed by atoms with E-state index in [1.165, 1.54) is 18.3 Å². The summed E-state index contributed by atoms with van der Waals surface area (Å²) in [6.07, 6.45) is 1.92. The van der Waals surface area contributed by atoms with E-state index >= 15 is 0 Å². The van der Waals surface area contributed by atoms with Gasteiger partial charge < -0.3 is 4.74 Å². The summed E-state index contributed by atoms with van der Waals surface area (Å²) >= 11 is 0. The third kappa shape index (κ3) is 5.12. The van der Waals surface area contributed by atoms with E-state index < -0.39 is 11.8 Å². The number of amides is 2. The van der Waals surface area contributed by atoms with Crippen LogP contribution < -0.4 is 15.6 Å². The van der Waals surface area contributed by atoms with Crippen molar-refractivity contribution in [2.75, 3.05) is 6.61 Å². The minimum Gasteiger partial charge on any atom is -0.483 e. The number of halogens is 1. The summed E-state index contributed by atoms with van der Waals surface area (Å²) in [7, 11) is 0. The van der Waals surface area contributed by atoms with Crippen LogP contribution in [0, 0.1) is 5.82 Å². The lowest BCUT2D eigenvalue weighted by Gasteiger charge is -2.12. The van der Waals surface area contributed by atoms with Gasteiger partial charge in [-0.2, -0.15) is 5.10 Å². The van der Waals surface area contributed by atoms with Crippen LogP contribution in [-0.4, -0.2) is 28.2 Å². The van der Waals surface area contributed by atoms with Crippen molar-refractivity contribution in [3.05, 3.63) is 102 Å². The van der Waals surface area contributed by atoms with Crippen LogP contribution in [0.5, 0.6) is 5.75 Å². The van der Waals surface area contributed by atoms with Crippen molar-refractivity contribution in [3.8, 4) is 22.6 Å². The highest BCUT2D eigenvalue weighted by atomic mass is 19.1. The molecule has 0 spiro atoms. The van der Waals surface area contributed by atoms with Crippen LogP contribution in [0.25, 0.3) is 16.8 Å². The van der Waals surface area contributed by atoms with Gasteiger partial charge in [0.15, 0.2) is 6.61 Å². The zero-order valence-corrected chi connectivity index (χ0v) is 18.5. The Kier molecular flexibility index (Phi) is 6.98. The van der Waals surface area contributed by atoms with E-state index in [9.17, 15) is 14.0 Å². The number of hydrogen-bond acceptors (Lipinski definition) is 4. The maximum absolute atomic E-state index is 13.2. The molecular weight excluding hydrogens is 435 g/mol. The van der Waals surface area contributed by atoms with Gasteiger partial charge in [-0.25, -0.2) is 9.07 Å². The molecule has 0 bridgehead atoms. The van der Waals surface area contributed by atoms with Crippen LogP contribution in [0.1, 0.15) is 23.0 Å². The summed E-state index contributed by atoms with van der Waals surface area (Å²) < 4.78 is 20.5. The molecule has 0 saturated heterocycles. The summed E-state index contributed by atoms with van der Waals surface area (Å²) in [5.41, 5.74) is 8.17. The molecule has 7 nitrogen and oxygen atoms in total. The van der Waals surface area contributed by atoms with Crippen molar-refractivity contribution in [2.24, 2.45) is 0 Å². The molecule has 1 heterocycles. The molecule has 4 aromatic rings. The average molecular weight is 458 g/mol. The minimum absolute atomic E-state index is 0.278. The maximum atomic E-state index is 13.2. The molecule has 0 aliphatic rings. The highest BCUT2D eigenvalue weighted by molar-refractivity contribution is 5.96. The van der Waals surface area contributed by atoms with E-state index in [1.54, 1.807) is 22.9 Å². The molecule has 0 unspecified atom stereocenters. The first-order chi connectivity index (χ1) is 16.6. The predicted octanol–water partition coefficient (Wildman–Crippen LogP) is 4.08. The lowest BCUT2D eigenvalue weighted by Crippen LogP contribution is -2.44. The average Bonchev–Trinajstić information content (AvgIpc) is 3.31. The van der Waals surface area contributed by atoms with Crippen molar-refractivity contribution < 1.29 is 18.7 Å². The minimum atomic E-state index is -0.514. The molecule has 1 aromatic heterocycles. The van der Waals surface area contributed by atoms with Gasteiger partial charge in [-0.3, -0.25) is 20.4 Å². The normalized spacial score (nSPS) is 10.5. The van der Waals surface area contributed by atoms with Crippen LogP contribution in [0.4, 0.5) is 4.39 Å². The van der Waals surface area contributed by atoms with Gasteiger partial charge in [-0.1, -0.05) is 55.5 Å². The van der Waals surface area contributed by atoms with Gasteiger partial charge in [-0.05, 0) is 42.3 Å². The highest BCUT2D eigenvalue weighted by Gasteiger charge is 2.18. The van der Waals surface area contributed by atoms with Crippen molar-refractivity contribution in [3.63, 3.8) is 0 Å². The van der Waals surface area contributed by atoms with Crippen LogP contribution in [0.2, 0.25) is 0 Å². The molecule has 0 aliphatic carbocycles. The first-order valence-electron chi connectivity index (χ1n) is 10.8. The van der Waals surface area contributed by atoms with Gasteiger partial charge in [-0.15, -0.1) is 0 Å². The Labute approximate surface area is 196 Å². The van der Waals surface area contributed by atoms with Crippen LogP contribution in [-0.2, 0) is 11.2 Å². The fourth-order valence-corrected chi connectivity index (χ4v) is 3.53. The number of nitrogens with one attached hydrogen (secondary N) is 2. The lowest BCUT2D eigenvalue weighted by molar-refractivity contribution is -0.123. The third-order valence-electron chi connectivity index (χ3n) is 5.17. The van der Waals surface area contributed by atoms with Crippen molar-refractivity contribution in [1.29, 1.82) is 0 Å². The van der Waals surface area contributed by atoms with Crippen molar-refractivity contribution >= 4 is 11.8 Å². The Hall–Kier alpha value is -4.46. The number of carbonyl (C=O) groups excluding carboxylic acids is 2. The number of aromatic nitrogens is 2. The fraction of sp³-hybridized carbons (Fsp3) is 0.115. The molecule has 3 aromatic carbocycles. The number of carbonyl (C=O) groups is 2. The molecule has 34 heavy (non-hydrogen) atoms. The smallest absolute Gasteiger partial charge is 0.276 e. The quantitative estimate of drug-likeness (QED) is 0.409. The van der Waals surface area contributed by atoms with E-state index in [4.69, 9.17) is 4.74 Å². The van der Waals surface area contributed by atoms with E-state index in [-0.39, 0.29) is 12.4 Å². The summed E-state index contributed by atoms with van der Waals surface area (Å²) in [6.45, 7) is 1.60. The standard InChI is InChI=1S/C26H23FN4O3/c1-2-23-22(16-28-31(23)20-14-12-19(27)13-15-20)26(33)30-29-25(32)17-34-24-11-7-6-10-21(24)18-8-4-3-5-9-18/h3-16H,2,17H2,1H3,(H,29,32)(H,30,33). The number of hydrazine groups is 1. The molecule has 2 N–H and O–H groups in total. The molecular formula is C26H23FN4O3. The zero-order valence-electron chi connectivity index (χ0n) is 18.5. The van der Waals surface area contributed by atoms with Crippen LogP contribution >= 0.6 is 0 Å². The predicted molar refractivity (Wildman–Crippen MR) is 126 cm³/mol. The molecule has 172 valence electrons. The van der Waals surface area contributed by atoms with Gasteiger partial charge in [0.25, 0.3) is 11.8 Å². The van der Waals surface area contributed by atoms with Gasteiger partial charge in [0.05, 0.1) is 23.1 Å². The van der Waals surface area contributed by atoms with E-state index in [0.717, 1.165) is 11.1 Å². The number of nitrogens with zero attached hydrogens (tertiary/aromatic N) is 2. The Morgan fingerprint density at radius 2 is 1.65 bits per heavy atom. The van der Waals surface area contributed by atoms with Crippen molar-refractivity contribution in [1.82, 2.24) is 20.6 Å². The lowest BCUT2D eigenvalue weighted by atomic mass is 10.1. The SMILES string of the molecule is CCc1c(C(=O)NNC(=O)COc2ccccc2-c2ccccc2)cnn1-c1ccc(F)cc1. The zero-order chi connectivity index (χ0) is 23.9. The number of rotatable bonds is 7. The van der Waals surface area contributed by atoms with Gasteiger partial charge >= 0.3 is 0 Å². The Balaban J connectivity index is 1.37. The van der Waals surface area contributed by atoms with E-state index in [1.807, 2.05) is 55.5 Å². The second-order valence-electron chi connectivity index (χ2n) is 7.40. The Morgan fingerprint density at radius 1 is 0.941 bits per heavy atom.